The molecule has 4 aromatic rings. The molecule has 0 bridgehead atoms. The number of urea groups is 1. The van der Waals surface area contributed by atoms with Crippen LogP contribution in [0.4, 0.5) is 10.5 Å². The first-order valence-corrected chi connectivity index (χ1v) is 11.4. The number of H-pyrrole nitrogens is 1. The molecular weight excluding hydrogens is 466 g/mol. The number of halogens is 1. The molecule has 1 atom stereocenters. The molecule has 2 heterocycles. The molecule has 1 aliphatic heterocycles. The number of nitrogens with one attached hydrogen (secondary N) is 2. The van der Waals surface area contributed by atoms with Gasteiger partial charge in [0.25, 0.3) is 0 Å². The van der Waals surface area contributed by atoms with Gasteiger partial charge in [0, 0.05) is 33.3 Å². The highest BCUT2D eigenvalue weighted by Crippen LogP contribution is 2.39. The van der Waals surface area contributed by atoms with Crippen molar-refractivity contribution in [3.8, 4) is 5.75 Å². The number of rotatable bonds is 3. The third-order valence-electron chi connectivity index (χ3n) is 6.08. The molecular formula is C26H24BrN3O2. The van der Waals surface area contributed by atoms with Crippen molar-refractivity contribution in [1.82, 2.24) is 9.88 Å². The zero-order valence-electron chi connectivity index (χ0n) is 18.0. The second kappa shape index (κ2) is 8.36. The smallest absolute Gasteiger partial charge is 0.322 e. The molecule has 32 heavy (non-hydrogen) atoms. The van der Waals surface area contributed by atoms with Crippen LogP contribution in [0.5, 0.6) is 5.75 Å². The fourth-order valence-electron chi connectivity index (χ4n) is 4.44. The number of hydrogen-bond donors (Lipinski definition) is 2. The normalized spacial score (nSPS) is 15.5. The maximum Gasteiger partial charge on any atom is 0.322 e. The molecule has 162 valence electrons. The van der Waals surface area contributed by atoms with E-state index < -0.39 is 0 Å². The molecule has 0 aliphatic carbocycles. The van der Waals surface area contributed by atoms with Gasteiger partial charge in [0.15, 0.2) is 0 Å². The number of ether oxygens (including phenoxy) is 1. The predicted octanol–water partition coefficient (Wildman–Crippen LogP) is 6.43. The van der Waals surface area contributed by atoms with E-state index in [0.29, 0.717) is 6.54 Å². The second-order valence-electron chi connectivity index (χ2n) is 8.12. The number of aryl methyl sites for hydroxylation is 1. The van der Waals surface area contributed by atoms with Gasteiger partial charge in [-0.25, -0.2) is 4.79 Å². The van der Waals surface area contributed by atoms with Gasteiger partial charge in [0.1, 0.15) is 5.75 Å². The Morgan fingerprint density at radius 2 is 1.84 bits per heavy atom. The van der Waals surface area contributed by atoms with Crippen LogP contribution in [0.3, 0.4) is 0 Å². The average Bonchev–Trinajstić information content (AvgIpc) is 3.18. The van der Waals surface area contributed by atoms with E-state index in [0.717, 1.165) is 44.5 Å². The molecule has 2 N–H and O–H groups in total. The number of hydrogen-bond acceptors (Lipinski definition) is 2. The van der Waals surface area contributed by atoms with Crippen molar-refractivity contribution >= 4 is 38.6 Å². The van der Waals surface area contributed by atoms with Crippen molar-refractivity contribution in [2.75, 3.05) is 19.0 Å². The number of amides is 2. The number of anilines is 1. The van der Waals surface area contributed by atoms with Gasteiger partial charge in [-0.2, -0.15) is 0 Å². The van der Waals surface area contributed by atoms with Crippen LogP contribution >= 0.6 is 15.9 Å². The van der Waals surface area contributed by atoms with Gasteiger partial charge < -0.3 is 19.9 Å². The molecule has 1 aromatic heterocycles. The summed E-state index contributed by atoms with van der Waals surface area (Å²) in [5.41, 5.74) is 6.42. The number of carbonyl (C=O) groups is 1. The summed E-state index contributed by atoms with van der Waals surface area (Å²) in [6.45, 7) is 2.70. The van der Waals surface area contributed by atoms with Crippen molar-refractivity contribution in [1.29, 1.82) is 0 Å². The SMILES string of the molecule is COc1ccc2[nH]c3c(c2c1)CCN(C(=O)Nc1ccc(Br)cc1)[C@H]3c1ccc(C)cc1. The van der Waals surface area contributed by atoms with E-state index in [2.05, 4.69) is 63.5 Å². The third-order valence-corrected chi connectivity index (χ3v) is 6.61. The molecule has 5 nitrogen and oxygen atoms in total. The minimum atomic E-state index is -0.201. The van der Waals surface area contributed by atoms with Crippen molar-refractivity contribution in [3.63, 3.8) is 0 Å². The number of aromatic nitrogens is 1. The summed E-state index contributed by atoms with van der Waals surface area (Å²) >= 11 is 3.44. The number of benzene rings is 3. The Labute approximate surface area is 195 Å². The van der Waals surface area contributed by atoms with E-state index in [1.165, 1.54) is 11.1 Å². The van der Waals surface area contributed by atoms with E-state index in [1.54, 1.807) is 7.11 Å². The summed E-state index contributed by atoms with van der Waals surface area (Å²) in [5.74, 6) is 0.835. The maximum absolute atomic E-state index is 13.4. The van der Waals surface area contributed by atoms with Gasteiger partial charge in [-0.05, 0) is 66.9 Å². The average molecular weight is 490 g/mol. The fraction of sp³-hybridized carbons (Fsp3) is 0.192. The van der Waals surface area contributed by atoms with Crippen molar-refractivity contribution in [3.05, 3.63) is 93.6 Å². The first-order valence-electron chi connectivity index (χ1n) is 10.6. The summed E-state index contributed by atoms with van der Waals surface area (Å²) < 4.78 is 6.43. The monoisotopic (exact) mass is 489 g/mol. The van der Waals surface area contributed by atoms with Crippen molar-refractivity contribution < 1.29 is 9.53 Å². The molecule has 0 unspecified atom stereocenters. The van der Waals surface area contributed by atoms with Gasteiger partial charge in [0.2, 0.25) is 0 Å². The standard InChI is InChI=1S/C26H24BrN3O2/c1-16-3-5-17(6-4-16)25-24-21(22-15-20(32-2)11-12-23(22)29-24)13-14-30(25)26(31)28-19-9-7-18(27)8-10-19/h3-12,15,25,29H,13-14H2,1-2H3,(H,28,31)/t25-/m0/s1. The van der Waals surface area contributed by atoms with E-state index in [-0.39, 0.29) is 12.1 Å². The summed E-state index contributed by atoms with van der Waals surface area (Å²) in [6.07, 6.45) is 0.776. The molecule has 0 radical (unpaired) electrons. The Hall–Kier alpha value is -3.25. The number of nitrogens with zero attached hydrogens (tertiary/aromatic N) is 1. The molecule has 0 saturated heterocycles. The van der Waals surface area contributed by atoms with Gasteiger partial charge in [0.05, 0.1) is 13.2 Å². The highest BCUT2D eigenvalue weighted by molar-refractivity contribution is 9.10. The van der Waals surface area contributed by atoms with Crippen LogP contribution in [0.15, 0.2) is 71.2 Å². The van der Waals surface area contributed by atoms with Crippen LogP contribution < -0.4 is 10.1 Å². The summed E-state index contributed by atoms with van der Waals surface area (Å²) in [5, 5.41) is 4.22. The lowest BCUT2D eigenvalue weighted by molar-refractivity contribution is 0.193. The minimum absolute atomic E-state index is 0.111. The van der Waals surface area contributed by atoms with Gasteiger partial charge >= 0.3 is 6.03 Å². The lowest BCUT2D eigenvalue weighted by Crippen LogP contribution is -2.43. The lowest BCUT2D eigenvalue weighted by Gasteiger charge is -2.36. The fourth-order valence-corrected chi connectivity index (χ4v) is 4.70. The van der Waals surface area contributed by atoms with Crippen molar-refractivity contribution in [2.45, 2.75) is 19.4 Å². The topological polar surface area (TPSA) is 57.4 Å². The first kappa shape index (κ1) is 20.6. The summed E-state index contributed by atoms with van der Waals surface area (Å²) in [4.78, 5) is 18.9. The van der Waals surface area contributed by atoms with E-state index >= 15 is 0 Å². The number of methoxy groups -OCH3 is 1. The third kappa shape index (κ3) is 3.75. The summed E-state index contributed by atoms with van der Waals surface area (Å²) in [7, 11) is 1.68. The number of aromatic amines is 1. The van der Waals surface area contributed by atoms with E-state index in [9.17, 15) is 4.79 Å². The molecule has 1 aliphatic rings. The van der Waals surface area contributed by atoms with Crippen molar-refractivity contribution in [2.24, 2.45) is 0 Å². The molecule has 3 aromatic carbocycles. The largest absolute Gasteiger partial charge is 0.497 e. The molecule has 0 saturated carbocycles. The molecule has 2 amide bonds. The number of carbonyl (C=O) groups excluding carboxylic acids is 1. The zero-order valence-corrected chi connectivity index (χ0v) is 19.6. The van der Waals surface area contributed by atoms with Gasteiger partial charge in [-0.3, -0.25) is 0 Å². The Morgan fingerprint density at radius 3 is 2.56 bits per heavy atom. The highest BCUT2D eigenvalue weighted by atomic mass is 79.9. The minimum Gasteiger partial charge on any atom is -0.497 e. The van der Waals surface area contributed by atoms with Gasteiger partial charge in [-0.15, -0.1) is 0 Å². The van der Waals surface area contributed by atoms with Crippen LogP contribution in [0.1, 0.15) is 28.4 Å². The quantitative estimate of drug-likeness (QED) is 0.348. The lowest BCUT2D eigenvalue weighted by atomic mass is 9.92. The first-order chi connectivity index (χ1) is 15.5. The number of fused-ring (bicyclic) bond motifs is 3. The second-order valence-corrected chi connectivity index (χ2v) is 9.04. The molecule has 0 fully saturated rings. The predicted molar refractivity (Wildman–Crippen MR) is 131 cm³/mol. The van der Waals surface area contributed by atoms with Crippen LogP contribution in [-0.2, 0) is 6.42 Å². The maximum atomic E-state index is 13.4. The zero-order chi connectivity index (χ0) is 22.2. The van der Waals surface area contributed by atoms with E-state index in [1.807, 2.05) is 41.3 Å². The molecule has 6 heteroatoms. The van der Waals surface area contributed by atoms with E-state index in [4.69, 9.17) is 4.74 Å². The van der Waals surface area contributed by atoms with Gasteiger partial charge in [-0.1, -0.05) is 45.8 Å². The molecule has 0 spiro atoms. The Bertz CT molecular complexity index is 1280. The van der Waals surface area contributed by atoms with Crippen LogP contribution in [0.25, 0.3) is 10.9 Å². The Morgan fingerprint density at radius 1 is 1.09 bits per heavy atom. The highest BCUT2D eigenvalue weighted by Gasteiger charge is 2.34. The Balaban J connectivity index is 1.57. The Kier molecular flexibility index (Phi) is 5.39. The molecule has 5 rings (SSSR count). The summed E-state index contributed by atoms with van der Waals surface area (Å²) in [6, 6.07) is 21.8. The van der Waals surface area contributed by atoms with Crippen LogP contribution in [0.2, 0.25) is 0 Å². The van der Waals surface area contributed by atoms with Crippen LogP contribution in [-0.4, -0.2) is 29.6 Å². The van der Waals surface area contributed by atoms with Crippen LogP contribution in [0, 0.1) is 6.92 Å².